The zero-order valence-electron chi connectivity index (χ0n) is 5.55. The molecule has 2 unspecified atom stereocenters. The van der Waals surface area contributed by atoms with Crippen molar-refractivity contribution in [2.75, 3.05) is 20.1 Å². The lowest BCUT2D eigenvalue weighted by molar-refractivity contribution is 0.238. The van der Waals surface area contributed by atoms with Crippen molar-refractivity contribution < 1.29 is 0 Å². The van der Waals surface area contributed by atoms with Crippen LogP contribution in [0.15, 0.2) is 0 Å². The summed E-state index contributed by atoms with van der Waals surface area (Å²) in [5.41, 5.74) is 0. The van der Waals surface area contributed by atoms with Gasteiger partial charge in [0, 0.05) is 48.0 Å². The van der Waals surface area contributed by atoms with E-state index in [1.54, 1.807) is 0 Å². The van der Waals surface area contributed by atoms with Crippen molar-refractivity contribution in [3.8, 4) is 0 Å². The Labute approximate surface area is 69.7 Å². The maximum atomic E-state index is 2.47. The first-order valence-electron chi connectivity index (χ1n) is 3.41. The summed E-state index contributed by atoms with van der Waals surface area (Å²) in [5, 5.41) is 0. The van der Waals surface area contributed by atoms with Crippen LogP contribution in [0.5, 0.6) is 0 Å². The second-order valence-electron chi connectivity index (χ2n) is 2.97. The summed E-state index contributed by atoms with van der Waals surface area (Å²) in [7, 11) is 2.23. The van der Waals surface area contributed by atoms with Crippen molar-refractivity contribution in [2.24, 2.45) is 0 Å². The molecule has 0 aromatic carbocycles. The van der Waals surface area contributed by atoms with E-state index in [9.17, 15) is 0 Å². The summed E-state index contributed by atoms with van der Waals surface area (Å²) in [6.45, 7) is 2.50. The number of hydrogen-bond acceptors (Lipinski definition) is 2. The molecule has 1 saturated carbocycles. The van der Waals surface area contributed by atoms with Crippen LogP contribution in [-0.2, 0) is 0 Å². The molecule has 0 aromatic rings. The van der Waals surface area contributed by atoms with E-state index in [4.69, 9.17) is 0 Å². The number of fused-ring (bicyclic) bond motifs is 1. The molecule has 0 N–H and O–H groups in total. The second kappa shape index (κ2) is 2.07. The molecule has 1 aliphatic carbocycles. The number of hydrogen-bond donors (Lipinski definition) is 0. The first-order valence-corrected chi connectivity index (χ1v) is 4.38. The lowest BCUT2D eigenvalue weighted by Gasteiger charge is -2.26. The minimum Gasteiger partial charge on any atom is -0.300 e. The molecular formula is C6H11IN2. The SMILES string of the molecule is CN1CCN(I)C2CC21. The van der Waals surface area contributed by atoms with Gasteiger partial charge in [-0.2, -0.15) is 0 Å². The minimum atomic E-state index is 0.893. The third kappa shape index (κ3) is 0.991. The fraction of sp³-hybridized carbons (Fsp3) is 1.00. The molecule has 9 heavy (non-hydrogen) atoms. The molecule has 2 aliphatic rings. The normalized spacial score (nSPS) is 44.7. The number of rotatable bonds is 0. The van der Waals surface area contributed by atoms with Crippen LogP contribution in [0.25, 0.3) is 0 Å². The third-order valence-corrected chi connectivity index (χ3v) is 3.51. The van der Waals surface area contributed by atoms with Gasteiger partial charge < -0.3 is 4.90 Å². The summed E-state index contributed by atoms with van der Waals surface area (Å²) in [4.78, 5) is 2.47. The molecule has 0 bridgehead atoms. The quantitative estimate of drug-likeness (QED) is 0.453. The molecule has 0 amide bonds. The van der Waals surface area contributed by atoms with Gasteiger partial charge in [0.05, 0.1) is 0 Å². The van der Waals surface area contributed by atoms with Gasteiger partial charge in [0.25, 0.3) is 0 Å². The lowest BCUT2D eigenvalue weighted by atomic mass is 10.4. The first-order chi connectivity index (χ1) is 4.29. The molecule has 52 valence electrons. The predicted molar refractivity (Wildman–Crippen MR) is 45.5 cm³/mol. The van der Waals surface area contributed by atoms with Crippen molar-refractivity contribution in [3.05, 3.63) is 0 Å². The number of halogens is 1. The fourth-order valence-corrected chi connectivity index (χ4v) is 2.34. The van der Waals surface area contributed by atoms with Crippen LogP contribution in [-0.4, -0.2) is 40.2 Å². The molecule has 2 atom stereocenters. The fourth-order valence-electron chi connectivity index (χ4n) is 1.53. The van der Waals surface area contributed by atoms with E-state index >= 15 is 0 Å². The highest BCUT2D eigenvalue weighted by atomic mass is 127. The summed E-state index contributed by atoms with van der Waals surface area (Å²) >= 11 is 2.44. The summed E-state index contributed by atoms with van der Waals surface area (Å²) in [6, 6.07) is 1.79. The Hall–Kier alpha value is 0.650. The monoisotopic (exact) mass is 238 g/mol. The summed E-state index contributed by atoms with van der Waals surface area (Å²) in [5.74, 6) is 0. The highest BCUT2D eigenvalue weighted by molar-refractivity contribution is 14.1. The average Bonchev–Trinajstić information content (AvgIpc) is 2.57. The van der Waals surface area contributed by atoms with Crippen LogP contribution in [0.1, 0.15) is 6.42 Å². The van der Waals surface area contributed by atoms with Gasteiger partial charge in [0.1, 0.15) is 0 Å². The highest BCUT2D eigenvalue weighted by Gasteiger charge is 2.46. The molecular weight excluding hydrogens is 227 g/mol. The van der Waals surface area contributed by atoms with Gasteiger partial charge in [-0.25, -0.2) is 3.11 Å². The molecule has 0 radical (unpaired) electrons. The van der Waals surface area contributed by atoms with Crippen molar-refractivity contribution >= 4 is 22.9 Å². The Bertz CT molecular complexity index is 114. The van der Waals surface area contributed by atoms with Gasteiger partial charge in [-0.15, -0.1) is 0 Å². The van der Waals surface area contributed by atoms with Crippen LogP contribution < -0.4 is 0 Å². The minimum absolute atomic E-state index is 0.893. The molecule has 2 fully saturated rings. The van der Waals surface area contributed by atoms with E-state index in [-0.39, 0.29) is 0 Å². The molecule has 2 rings (SSSR count). The summed E-state index contributed by atoms with van der Waals surface area (Å²) < 4.78 is 2.45. The molecule has 1 aliphatic heterocycles. The topological polar surface area (TPSA) is 6.48 Å². The van der Waals surface area contributed by atoms with E-state index in [1.165, 1.54) is 19.5 Å². The van der Waals surface area contributed by atoms with Crippen LogP contribution in [0.3, 0.4) is 0 Å². The van der Waals surface area contributed by atoms with Crippen LogP contribution in [0.2, 0.25) is 0 Å². The van der Waals surface area contributed by atoms with Crippen LogP contribution >= 0.6 is 22.9 Å². The van der Waals surface area contributed by atoms with Crippen molar-refractivity contribution in [3.63, 3.8) is 0 Å². The third-order valence-electron chi connectivity index (χ3n) is 2.32. The smallest absolute Gasteiger partial charge is 0.0366 e. The van der Waals surface area contributed by atoms with Crippen molar-refractivity contribution in [1.29, 1.82) is 0 Å². The highest BCUT2D eigenvalue weighted by Crippen LogP contribution is 2.37. The Morgan fingerprint density at radius 1 is 1.33 bits per heavy atom. The summed E-state index contributed by atoms with van der Waals surface area (Å²) in [6.07, 6.45) is 1.40. The van der Waals surface area contributed by atoms with Gasteiger partial charge in [-0.05, 0) is 13.5 Å². The van der Waals surface area contributed by atoms with Crippen molar-refractivity contribution in [2.45, 2.75) is 18.5 Å². The van der Waals surface area contributed by atoms with Gasteiger partial charge in [-0.1, -0.05) is 0 Å². The molecule has 3 heteroatoms. The predicted octanol–water partition coefficient (Wildman–Crippen LogP) is 0.725. The molecule has 1 heterocycles. The van der Waals surface area contributed by atoms with Gasteiger partial charge in [0.15, 0.2) is 0 Å². The number of piperazine rings is 1. The average molecular weight is 238 g/mol. The zero-order chi connectivity index (χ0) is 6.43. The first kappa shape index (κ1) is 6.37. The van der Waals surface area contributed by atoms with Crippen LogP contribution in [0.4, 0.5) is 0 Å². The van der Waals surface area contributed by atoms with Gasteiger partial charge >= 0.3 is 0 Å². The second-order valence-corrected chi connectivity index (χ2v) is 4.21. The lowest BCUT2D eigenvalue weighted by Crippen LogP contribution is -2.39. The molecule has 0 aromatic heterocycles. The molecule has 0 spiro atoms. The largest absolute Gasteiger partial charge is 0.300 e. The standard InChI is InChI=1S/C6H11IN2/c1-8-2-3-9(7)6-4-5(6)8/h5-6H,2-4H2,1H3. The van der Waals surface area contributed by atoms with E-state index in [1.807, 2.05) is 0 Å². The van der Waals surface area contributed by atoms with Crippen molar-refractivity contribution in [1.82, 2.24) is 8.01 Å². The Morgan fingerprint density at radius 2 is 2.11 bits per heavy atom. The van der Waals surface area contributed by atoms with Crippen LogP contribution in [0, 0.1) is 0 Å². The Balaban J connectivity index is 2.01. The number of nitrogens with zero attached hydrogens (tertiary/aromatic N) is 2. The van der Waals surface area contributed by atoms with Gasteiger partial charge in [-0.3, -0.25) is 0 Å². The molecule has 2 nitrogen and oxygen atoms in total. The Kier molecular flexibility index (Phi) is 1.46. The van der Waals surface area contributed by atoms with E-state index in [2.05, 4.69) is 37.9 Å². The Morgan fingerprint density at radius 3 is 2.78 bits per heavy atom. The van der Waals surface area contributed by atoms with E-state index < -0.39 is 0 Å². The zero-order valence-corrected chi connectivity index (χ0v) is 7.71. The van der Waals surface area contributed by atoms with E-state index in [0.717, 1.165) is 12.1 Å². The van der Waals surface area contributed by atoms with E-state index in [0.29, 0.717) is 0 Å². The maximum Gasteiger partial charge on any atom is 0.0366 e. The van der Waals surface area contributed by atoms with Gasteiger partial charge in [0.2, 0.25) is 0 Å². The number of likely N-dealkylation sites (N-methyl/N-ethyl adjacent to an activating group) is 1. The molecule has 1 saturated heterocycles. The maximum absolute atomic E-state index is 2.47.